The number of nitrogens with zero attached hydrogens (tertiary/aromatic N) is 3. The molecule has 6 nitrogen and oxygen atoms in total. The molecule has 23 heavy (non-hydrogen) atoms. The molecule has 1 aliphatic rings. The smallest absolute Gasteiger partial charge is 0.410 e. The van der Waals surface area contributed by atoms with E-state index in [0.29, 0.717) is 35.9 Å². The molecule has 0 N–H and O–H groups in total. The summed E-state index contributed by atoms with van der Waals surface area (Å²) in [4.78, 5) is 22.1. The third-order valence-electron chi connectivity index (χ3n) is 3.24. The van der Waals surface area contributed by atoms with Crippen LogP contribution in [0.2, 0.25) is 5.15 Å². The van der Waals surface area contributed by atoms with Crippen molar-refractivity contribution in [2.24, 2.45) is 5.92 Å². The highest BCUT2D eigenvalue weighted by Crippen LogP contribution is 2.22. The summed E-state index contributed by atoms with van der Waals surface area (Å²) in [5.74, 6) is 0.721. The lowest BCUT2D eigenvalue weighted by molar-refractivity contribution is 0.0284. The number of carbonyl (C=O) groups excluding carboxylic acids is 1. The van der Waals surface area contributed by atoms with Crippen molar-refractivity contribution in [1.82, 2.24) is 14.9 Å². The van der Waals surface area contributed by atoms with E-state index < -0.39 is 5.60 Å². The normalized spacial score (nSPS) is 18.1. The first-order valence-electron chi connectivity index (χ1n) is 7.46. The van der Waals surface area contributed by atoms with E-state index in [4.69, 9.17) is 21.1 Å². The van der Waals surface area contributed by atoms with Crippen LogP contribution in [0.3, 0.4) is 0 Å². The molecule has 0 unspecified atom stereocenters. The summed E-state index contributed by atoms with van der Waals surface area (Å²) in [5, 5.41) is 0.940. The minimum Gasteiger partial charge on any atom is -0.477 e. The van der Waals surface area contributed by atoms with Crippen LogP contribution in [-0.2, 0) is 4.74 Å². The molecule has 0 saturated carbocycles. The predicted molar refractivity (Wildman–Crippen MR) is 90.2 cm³/mol. The van der Waals surface area contributed by atoms with E-state index in [1.54, 1.807) is 11.0 Å². The molecule has 1 aromatic heterocycles. The van der Waals surface area contributed by atoms with Crippen molar-refractivity contribution in [3.05, 3.63) is 11.2 Å². The largest absolute Gasteiger partial charge is 0.477 e. The number of hydrogen-bond donors (Lipinski definition) is 0. The Bertz CT molecular complexity index is 565. The maximum atomic E-state index is 12.0. The first-order chi connectivity index (χ1) is 10.8. The fourth-order valence-corrected chi connectivity index (χ4v) is 2.80. The molecule has 0 radical (unpaired) electrons. The Morgan fingerprint density at radius 2 is 2.22 bits per heavy atom. The summed E-state index contributed by atoms with van der Waals surface area (Å²) in [5.41, 5.74) is -0.475. The maximum Gasteiger partial charge on any atom is 0.410 e. The van der Waals surface area contributed by atoms with Crippen molar-refractivity contribution >= 4 is 29.5 Å². The van der Waals surface area contributed by atoms with Gasteiger partial charge in [-0.1, -0.05) is 23.4 Å². The number of likely N-dealkylation sites (tertiary alicyclic amines) is 1. The number of aromatic nitrogens is 2. The van der Waals surface area contributed by atoms with Gasteiger partial charge in [-0.2, -0.15) is 4.98 Å². The van der Waals surface area contributed by atoms with E-state index >= 15 is 0 Å². The Morgan fingerprint density at radius 1 is 1.48 bits per heavy atom. The number of halogens is 1. The number of thioether (sulfide) groups is 1. The first-order valence-corrected chi connectivity index (χ1v) is 9.06. The molecular weight excluding hydrogens is 338 g/mol. The molecule has 1 atom stereocenters. The van der Waals surface area contributed by atoms with Gasteiger partial charge in [0.05, 0.1) is 6.61 Å². The standard InChI is InChI=1S/C15H22ClN3O3S/c1-15(2,3)22-14(20)19-6-5-10(8-19)9-21-12-7-11(16)17-13(18-12)23-4/h7,10H,5-6,8-9H2,1-4H3/t10-/m1/s1. The predicted octanol–water partition coefficient (Wildman–Crippen LogP) is 3.49. The van der Waals surface area contributed by atoms with Gasteiger partial charge < -0.3 is 14.4 Å². The zero-order valence-electron chi connectivity index (χ0n) is 13.8. The number of amides is 1. The average molecular weight is 360 g/mol. The Hall–Kier alpha value is -1.21. The summed E-state index contributed by atoms with van der Waals surface area (Å²) in [6.07, 6.45) is 2.49. The summed E-state index contributed by atoms with van der Waals surface area (Å²) < 4.78 is 11.1. The molecule has 1 saturated heterocycles. The van der Waals surface area contributed by atoms with Crippen molar-refractivity contribution in [1.29, 1.82) is 0 Å². The van der Waals surface area contributed by atoms with Crippen LogP contribution in [0, 0.1) is 5.92 Å². The van der Waals surface area contributed by atoms with Crippen molar-refractivity contribution in [3.8, 4) is 5.88 Å². The van der Waals surface area contributed by atoms with Crippen LogP contribution in [0.25, 0.3) is 0 Å². The van der Waals surface area contributed by atoms with E-state index in [0.717, 1.165) is 6.42 Å². The molecule has 1 aliphatic heterocycles. The van der Waals surface area contributed by atoms with Crippen LogP contribution in [-0.4, -0.2) is 52.5 Å². The maximum absolute atomic E-state index is 12.0. The molecule has 8 heteroatoms. The zero-order valence-corrected chi connectivity index (χ0v) is 15.4. The molecule has 0 aromatic carbocycles. The zero-order chi connectivity index (χ0) is 17.0. The van der Waals surface area contributed by atoms with Crippen molar-refractivity contribution < 1.29 is 14.3 Å². The fourth-order valence-electron chi connectivity index (χ4n) is 2.21. The molecule has 1 amide bonds. The van der Waals surface area contributed by atoms with Crippen molar-refractivity contribution in [2.75, 3.05) is 26.0 Å². The van der Waals surface area contributed by atoms with Crippen LogP contribution < -0.4 is 4.74 Å². The van der Waals surface area contributed by atoms with E-state index in [9.17, 15) is 4.79 Å². The lowest BCUT2D eigenvalue weighted by Gasteiger charge is -2.24. The van der Waals surface area contributed by atoms with Gasteiger partial charge in [0.25, 0.3) is 0 Å². The number of rotatable bonds is 4. The van der Waals surface area contributed by atoms with Gasteiger partial charge in [-0.25, -0.2) is 9.78 Å². The highest BCUT2D eigenvalue weighted by Gasteiger charge is 2.30. The number of ether oxygens (including phenoxy) is 2. The Kier molecular flexibility index (Phi) is 5.97. The van der Waals surface area contributed by atoms with Crippen LogP contribution in [0.15, 0.2) is 11.2 Å². The second kappa shape index (κ2) is 7.57. The summed E-state index contributed by atoms with van der Waals surface area (Å²) in [6.45, 7) is 7.39. The number of carbonyl (C=O) groups is 1. The second-order valence-electron chi connectivity index (χ2n) is 6.41. The molecule has 1 fully saturated rings. The van der Waals surface area contributed by atoms with Crippen LogP contribution in [0.4, 0.5) is 4.79 Å². The molecule has 128 valence electrons. The van der Waals surface area contributed by atoms with E-state index in [2.05, 4.69) is 9.97 Å². The molecule has 0 spiro atoms. The van der Waals surface area contributed by atoms with Gasteiger partial charge in [0.15, 0.2) is 5.16 Å². The van der Waals surface area contributed by atoms with Gasteiger partial charge in [0.2, 0.25) is 5.88 Å². The van der Waals surface area contributed by atoms with Crippen molar-refractivity contribution in [3.63, 3.8) is 0 Å². The number of hydrogen-bond acceptors (Lipinski definition) is 6. The third-order valence-corrected chi connectivity index (χ3v) is 3.98. The average Bonchev–Trinajstić information content (AvgIpc) is 2.91. The van der Waals surface area contributed by atoms with Crippen LogP contribution >= 0.6 is 23.4 Å². The summed E-state index contributed by atoms with van der Waals surface area (Å²) in [7, 11) is 0. The molecule has 2 rings (SSSR count). The minimum absolute atomic E-state index is 0.258. The minimum atomic E-state index is -0.475. The first kappa shape index (κ1) is 18.1. The van der Waals surface area contributed by atoms with E-state index in [1.807, 2.05) is 27.0 Å². The molecule has 0 aliphatic carbocycles. The topological polar surface area (TPSA) is 64.5 Å². The van der Waals surface area contributed by atoms with Gasteiger partial charge in [0.1, 0.15) is 10.8 Å². The second-order valence-corrected chi connectivity index (χ2v) is 7.57. The Labute approximate surface area is 145 Å². The van der Waals surface area contributed by atoms with Gasteiger partial charge in [-0.05, 0) is 33.4 Å². The van der Waals surface area contributed by atoms with Crippen LogP contribution in [0.1, 0.15) is 27.2 Å². The molecule has 0 bridgehead atoms. The fraction of sp³-hybridized carbons (Fsp3) is 0.667. The highest BCUT2D eigenvalue weighted by atomic mass is 35.5. The molecule has 2 heterocycles. The van der Waals surface area contributed by atoms with E-state index in [-0.39, 0.29) is 12.0 Å². The lowest BCUT2D eigenvalue weighted by atomic mass is 10.1. The third kappa shape index (κ3) is 5.73. The van der Waals surface area contributed by atoms with E-state index in [1.165, 1.54) is 11.8 Å². The summed E-state index contributed by atoms with van der Waals surface area (Å²) >= 11 is 7.35. The monoisotopic (exact) mass is 359 g/mol. The molecule has 1 aromatic rings. The van der Waals surface area contributed by atoms with Crippen LogP contribution in [0.5, 0.6) is 5.88 Å². The lowest BCUT2D eigenvalue weighted by Crippen LogP contribution is -2.35. The SMILES string of the molecule is CSc1nc(Cl)cc(OC[C@@H]2CCN(C(=O)OC(C)(C)C)C2)n1. The quantitative estimate of drug-likeness (QED) is 0.466. The van der Waals surface area contributed by atoms with Gasteiger partial charge in [0, 0.05) is 25.1 Å². The Balaban J connectivity index is 1.84. The van der Waals surface area contributed by atoms with Crippen molar-refractivity contribution in [2.45, 2.75) is 37.9 Å². The highest BCUT2D eigenvalue weighted by molar-refractivity contribution is 7.98. The van der Waals surface area contributed by atoms with Gasteiger partial charge in [-0.3, -0.25) is 0 Å². The Morgan fingerprint density at radius 3 is 2.87 bits per heavy atom. The summed E-state index contributed by atoms with van der Waals surface area (Å²) in [6, 6.07) is 1.60. The van der Waals surface area contributed by atoms with Gasteiger partial charge >= 0.3 is 6.09 Å². The molecular formula is C15H22ClN3O3S. The van der Waals surface area contributed by atoms with Gasteiger partial charge in [-0.15, -0.1) is 0 Å².